The van der Waals surface area contributed by atoms with Crippen LogP contribution in [0.2, 0.25) is 0 Å². The lowest BCUT2D eigenvalue weighted by atomic mass is 10.2. The van der Waals surface area contributed by atoms with Gasteiger partial charge in [-0.05, 0) is 19.1 Å². The van der Waals surface area contributed by atoms with E-state index in [-0.39, 0.29) is 4.90 Å². The number of benzene rings is 1. The monoisotopic (exact) mass is 210 g/mol. The molecule has 1 aromatic heterocycles. The molecule has 14 heavy (non-hydrogen) atoms. The van der Waals surface area contributed by atoms with Gasteiger partial charge in [0.2, 0.25) is 10.0 Å². The van der Waals surface area contributed by atoms with Crippen LogP contribution in [0, 0.1) is 6.92 Å². The van der Waals surface area contributed by atoms with Crippen molar-refractivity contribution in [2.75, 3.05) is 0 Å². The highest BCUT2D eigenvalue weighted by Crippen LogP contribution is 2.22. The minimum atomic E-state index is -3.63. The van der Waals surface area contributed by atoms with E-state index < -0.39 is 10.0 Å². The number of aromatic amines is 1. The second-order valence-corrected chi connectivity index (χ2v) is 4.78. The van der Waals surface area contributed by atoms with Crippen molar-refractivity contribution >= 4 is 20.9 Å². The van der Waals surface area contributed by atoms with Gasteiger partial charge >= 0.3 is 0 Å². The van der Waals surface area contributed by atoms with Crippen LogP contribution in [0.3, 0.4) is 0 Å². The Labute approximate surface area is 81.8 Å². The molecule has 0 atom stereocenters. The Morgan fingerprint density at radius 2 is 2.07 bits per heavy atom. The van der Waals surface area contributed by atoms with Gasteiger partial charge in [0.1, 0.15) is 4.90 Å². The lowest BCUT2D eigenvalue weighted by Gasteiger charge is -1.96. The number of sulfonamides is 1. The molecule has 0 amide bonds. The van der Waals surface area contributed by atoms with Crippen LogP contribution >= 0.6 is 0 Å². The van der Waals surface area contributed by atoms with Crippen LogP contribution < -0.4 is 5.14 Å². The van der Waals surface area contributed by atoms with Crippen molar-refractivity contribution in [2.45, 2.75) is 11.8 Å². The zero-order valence-corrected chi connectivity index (χ0v) is 8.43. The average molecular weight is 210 g/mol. The van der Waals surface area contributed by atoms with E-state index in [1.807, 2.05) is 19.1 Å². The molecule has 0 saturated heterocycles. The van der Waals surface area contributed by atoms with Gasteiger partial charge in [-0.25, -0.2) is 13.6 Å². The van der Waals surface area contributed by atoms with E-state index in [4.69, 9.17) is 5.14 Å². The molecule has 3 N–H and O–H groups in total. The second kappa shape index (κ2) is 2.83. The van der Waals surface area contributed by atoms with E-state index in [1.165, 1.54) is 6.20 Å². The number of rotatable bonds is 1. The summed E-state index contributed by atoms with van der Waals surface area (Å²) in [5.41, 5.74) is 1.78. The van der Waals surface area contributed by atoms with Crippen LogP contribution in [0.5, 0.6) is 0 Å². The Balaban J connectivity index is 2.87. The number of primary sulfonamides is 1. The van der Waals surface area contributed by atoms with E-state index in [9.17, 15) is 8.42 Å². The van der Waals surface area contributed by atoms with Crippen molar-refractivity contribution in [2.24, 2.45) is 5.14 Å². The summed E-state index contributed by atoms with van der Waals surface area (Å²) in [6.45, 7) is 1.90. The van der Waals surface area contributed by atoms with Crippen LogP contribution in [-0.2, 0) is 10.0 Å². The lowest BCUT2D eigenvalue weighted by molar-refractivity contribution is 0.598. The number of fused-ring (bicyclic) bond motifs is 1. The summed E-state index contributed by atoms with van der Waals surface area (Å²) in [5, 5.41) is 5.72. The normalized spacial score (nSPS) is 12.1. The summed E-state index contributed by atoms with van der Waals surface area (Å²) >= 11 is 0. The Bertz CT molecular complexity index is 584. The SMILES string of the molecule is Cc1ccc2[nH]cc(S(N)(=O)=O)c2c1. The molecule has 2 rings (SSSR count). The molecule has 2 aromatic rings. The van der Waals surface area contributed by atoms with Crippen LogP contribution in [0.1, 0.15) is 5.56 Å². The Kier molecular flexibility index (Phi) is 1.87. The average Bonchev–Trinajstić information content (AvgIpc) is 2.45. The first-order chi connectivity index (χ1) is 6.48. The molecular weight excluding hydrogens is 200 g/mol. The molecular formula is C9H10N2O2S. The van der Waals surface area contributed by atoms with Gasteiger partial charge in [0.15, 0.2) is 0 Å². The highest BCUT2D eigenvalue weighted by atomic mass is 32.2. The van der Waals surface area contributed by atoms with E-state index in [2.05, 4.69) is 4.98 Å². The van der Waals surface area contributed by atoms with Gasteiger partial charge in [-0.1, -0.05) is 11.6 Å². The third-order valence-electron chi connectivity index (χ3n) is 2.11. The minimum absolute atomic E-state index is 0.149. The Morgan fingerprint density at radius 1 is 1.36 bits per heavy atom. The number of aromatic nitrogens is 1. The molecule has 1 heterocycles. The van der Waals surface area contributed by atoms with Crippen molar-refractivity contribution in [3.8, 4) is 0 Å². The Hall–Kier alpha value is -1.33. The summed E-state index contributed by atoms with van der Waals surface area (Å²) in [6.07, 6.45) is 1.42. The number of aryl methyl sites for hydroxylation is 1. The molecule has 0 aliphatic rings. The van der Waals surface area contributed by atoms with Gasteiger partial charge in [0, 0.05) is 17.1 Å². The standard InChI is InChI=1S/C9H10N2O2S/c1-6-2-3-8-7(4-6)9(5-11-8)14(10,12)13/h2-5,11H,1H3,(H2,10,12,13). The maximum atomic E-state index is 11.2. The van der Waals surface area contributed by atoms with Crippen LogP contribution in [0.15, 0.2) is 29.3 Å². The third kappa shape index (κ3) is 1.40. The summed E-state index contributed by atoms with van der Waals surface area (Å²) in [6, 6.07) is 5.54. The molecule has 0 saturated carbocycles. The van der Waals surface area contributed by atoms with Gasteiger partial charge in [0.05, 0.1) is 0 Å². The zero-order chi connectivity index (χ0) is 10.3. The molecule has 0 aliphatic carbocycles. The number of nitrogens with one attached hydrogen (secondary N) is 1. The highest BCUT2D eigenvalue weighted by molar-refractivity contribution is 7.89. The zero-order valence-electron chi connectivity index (χ0n) is 7.61. The maximum absolute atomic E-state index is 11.2. The first kappa shape index (κ1) is 9.23. The molecule has 0 spiro atoms. The summed E-state index contributed by atoms with van der Waals surface area (Å²) in [7, 11) is -3.63. The van der Waals surface area contributed by atoms with Gasteiger partial charge in [0.25, 0.3) is 0 Å². The fourth-order valence-corrected chi connectivity index (χ4v) is 2.14. The Morgan fingerprint density at radius 3 is 2.71 bits per heavy atom. The number of nitrogens with two attached hydrogens (primary N) is 1. The van der Waals surface area contributed by atoms with Crippen molar-refractivity contribution in [1.29, 1.82) is 0 Å². The van der Waals surface area contributed by atoms with E-state index in [1.54, 1.807) is 6.07 Å². The van der Waals surface area contributed by atoms with Crippen LogP contribution in [0.25, 0.3) is 10.9 Å². The summed E-state index contributed by atoms with van der Waals surface area (Å²) in [4.78, 5) is 3.01. The number of hydrogen-bond acceptors (Lipinski definition) is 2. The summed E-state index contributed by atoms with van der Waals surface area (Å²) < 4.78 is 22.4. The van der Waals surface area contributed by atoms with Gasteiger partial charge in [-0.3, -0.25) is 0 Å². The molecule has 4 nitrogen and oxygen atoms in total. The predicted molar refractivity (Wildman–Crippen MR) is 54.4 cm³/mol. The van der Waals surface area contributed by atoms with Gasteiger partial charge in [-0.15, -0.1) is 0 Å². The largest absolute Gasteiger partial charge is 0.360 e. The highest BCUT2D eigenvalue weighted by Gasteiger charge is 2.13. The van der Waals surface area contributed by atoms with Crippen molar-refractivity contribution in [1.82, 2.24) is 4.98 Å². The molecule has 1 aromatic carbocycles. The molecule has 0 unspecified atom stereocenters. The van der Waals surface area contributed by atoms with E-state index in [0.717, 1.165) is 11.1 Å². The van der Waals surface area contributed by atoms with Gasteiger partial charge in [-0.2, -0.15) is 0 Å². The predicted octanol–water partition coefficient (Wildman–Crippen LogP) is 1.12. The molecule has 5 heteroatoms. The quantitative estimate of drug-likeness (QED) is 0.740. The minimum Gasteiger partial charge on any atom is -0.360 e. The molecule has 0 fully saturated rings. The maximum Gasteiger partial charge on any atom is 0.240 e. The van der Waals surface area contributed by atoms with E-state index >= 15 is 0 Å². The number of hydrogen-bond donors (Lipinski definition) is 2. The van der Waals surface area contributed by atoms with Gasteiger partial charge < -0.3 is 4.98 Å². The second-order valence-electron chi connectivity index (χ2n) is 3.25. The fraction of sp³-hybridized carbons (Fsp3) is 0.111. The number of H-pyrrole nitrogens is 1. The molecule has 74 valence electrons. The van der Waals surface area contributed by atoms with Crippen LogP contribution in [0.4, 0.5) is 0 Å². The molecule has 0 bridgehead atoms. The molecule has 0 radical (unpaired) electrons. The smallest absolute Gasteiger partial charge is 0.240 e. The molecule has 0 aliphatic heterocycles. The van der Waals surface area contributed by atoms with Crippen molar-refractivity contribution < 1.29 is 8.42 Å². The fourth-order valence-electron chi connectivity index (χ4n) is 1.44. The van der Waals surface area contributed by atoms with Crippen LogP contribution in [-0.4, -0.2) is 13.4 Å². The van der Waals surface area contributed by atoms with Crippen molar-refractivity contribution in [3.05, 3.63) is 30.0 Å². The first-order valence-electron chi connectivity index (χ1n) is 4.09. The first-order valence-corrected chi connectivity index (χ1v) is 5.63. The van der Waals surface area contributed by atoms with Crippen molar-refractivity contribution in [3.63, 3.8) is 0 Å². The summed E-state index contributed by atoms with van der Waals surface area (Å²) in [5.74, 6) is 0. The van der Waals surface area contributed by atoms with E-state index in [0.29, 0.717) is 5.39 Å². The lowest BCUT2D eigenvalue weighted by Crippen LogP contribution is -2.11. The topological polar surface area (TPSA) is 76.0 Å². The third-order valence-corrected chi connectivity index (χ3v) is 3.06.